The molecular weight excluding hydrogens is 402 g/mol. The molecule has 5 rings (SSSR count). The SMILES string of the molecule is Oc1ccc([C@@H]2Cc3cc(O)ccc3O[C@@H]2c2ccc(OCCN3CCCC3)cc2)cc1. The number of nitrogens with zero attached hydrogens (tertiary/aromatic N) is 1. The van der Waals surface area contributed by atoms with E-state index in [4.69, 9.17) is 9.47 Å². The van der Waals surface area contributed by atoms with Crippen LogP contribution >= 0.6 is 0 Å². The number of rotatable bonds is 6. The summed E-state index contributed by atoms with van der Waals surface area (Å²) in [6, 6.07) is 20.8. The lowest BCUT2D eigenvalue weighted by atomic mass is 9.82. The van der Waals surface area contributed by atoms with Crippen molar-refractivity contribution in [3.05, 3.63) is 83.4 Å². The van der Waals surface area contributed by atoms with Crippen LogP contribution in [0.3, 0.4) is 0 Å². The second kappa shape index (κ2) is 9.13. The van der Waals surface area contributed by atoms with E-state index in [0.29, 0.717) is 6.61 Å². The summed E-state index contributed by atoms with van der Waals surface area (Å²) in [5.74, 6) is 2.22. The second-order valence-corrected chi connectivity index (χ2v) is 8.70. The van der Waals surface area contributed by atoms with Crippen molar-refractivity contribution in [2.24, 2.45) is 0 Å². The number of phenolic OH excluding ortho intramolecular Hbond substituents is 2. The summed E-state index contributed by atoms with van der Waals surface area (Å²) < 4.78 is 12.4. The van der Waals surface area contributed by atoms with E-state index >= 15 is 0 Å². The molecule has 0 aromatic heterocycles. The first-order valence-corrected chi connectivity index (χ1v) is 11.4. The van der Waals surface area contributed by atoms with Crippen LogP contribution in [0.1, 0.15) is 41.6 Å². The number of hydrogen-bond acceptors (Lipinski definition) is 5. The highest BCUT2D eigenvalue weighted by Crippen LogP contribution is 2.45. The zero-order chi connectivity index (χ0) is 21.9. The number of benzene rings is 3. The maximum atomic E-state index is 9.93. The molecule has 5 heteroatoms. The summed E-state index contributed by atoms with van der Waals surface area (Å²) in [6.07, 6.45) is 3.16. The lowest BCUT2D eigenvalue weighted by Crippen LogP contribution is -2.25. The quantitative estimate of drug-likeness (QED) is 0.573. The molecule has 2 aliphatic heterocycles. The van der Waals surface area contributed by atoms with Gasteiger partial charge in [0.05, 0.1) is 0 Å². The van der Waals surface area contributed by atoms with E-state index in [2.05, 4.69) is 17.0 Å². The third-order valence-corrected chi connectivity index (χ3v) is 6.51. The van der Waals surface area contributed by atoms with Crippen molar-refractivity contribution in [1.82, 2.24) is 4.90 Å². The number of ether oxygens (including phenoxy) is 2. The molecule has 3 aromatic rings. The third kappa shape index (κ3) is 4.53. The van der Waals surface area contributed by atoms with E-state index in [0.717, 1.165) is 41.2 Å². The van der Waals surface area contributed by atoms with E-state index in [9.17, 15) is 10.2 Å². The van der Waals surface area contributed by atoms with Crippen molar-refractivity contribution in [2.75, 3.05) is 26.2 Å². The standard InChI is InChI=1S/C27H29NO4/c29-22-7-3-19(4-8-22)25-18-21-17-23(30)9-12-26(21)32-27(25)20-5-10-24(11-6-20)31-16-15-28-13-1-2-14-28/h3-12,17,25,27,29-30H,1-2,13-16,18H2/t25-,27+/m0/s1. The second-order valence-electron chi connectivity index (χ2n) is 8.70. The van der Waals surface area contributed by atoms with Crippen molar-refractivity contribution < 1.29 is 19.7 Å². The molecule has 2 aliphatic rings. The van der Waals surface area contributed by atoms with Gasteiger partial charge in [0.15, 0.2) is 0 Å². The van der Waals surface area contributed by atoms with Gasteiger partial charge in [0, 0.05) is 12.5 Å². The molecule has 2 heterocycles. The van der Waals surface area contributed by atoms with Gasteiger partial charge in [-0.15, -0.1) is 0 Å². The monoisotopic (exact) mass is 431 g/mol. The van der Waals surface area contributed by atoms with Gasteiger partial charge in [0.25, 0.3) is 0 Å². The zero-order valence-electron chi connectivity index (χ0n) is 18.1. The van der Waals surface area contributed by atoms with E-state index in [1.807, 2.05) is 30.3 Å². The molecule has 0 spiro atoms. The van der Waals surface area contributed by atoms with Crippen LogP contribution in [0.15, 0.2) is 66.7 Å². The number of aromatic hydroxyl groups is 2. The fourth-order valence-corrected chi connectivity index (χ4v) is 4.77. The fourth-order valence-electron chi connectivity index (χ4n) is 4.77. The normalized spacial score (nSPS) is 20.5. The van der Waals surface area contributed by atoms with Crippen LogP contribution in [0.4, 0.5) is 0 Å². The van der Waals surface area contributed by atoms with Gasteiger partial charge in [-0.1, -0.05) is 24.3 Å². The summed E-state index contributed by atoms with van der Waals surface area (Å²) in [6.45, 7) is 4.03. The molecule has 0 bridgehead atoms. The molecule has 0 radical (unpaired) electrons. The molecule has 0 unspecified atom stereocenters. The highest BCUT2D eigenvalue weighted by molar-refractivity contribution is 5.45. The largest absolute Gasteiger partial charge is 0.508 e. The number of fused-ring (bicyclic) bond motifs is 1. The third-order valence-electron chi connectivity index (χ3n) is 6.51. The lowest BCUT2D eigenvalue weighted by molar-refractivity contribution is 0.151. The molecular formula is C27H29NO4. The number of likely N-dealkylation sites (tertiary alicyclic amines) is 1. The minimum atomic E-state index is -0.171. The lowest BCUT2D eigenvalue weighted by Gasteiger charge is -2.34. The Morgan fingerprint density at radius 1 is 0.844 bits per heavy atom. The topological polar surface area (TPSA) is 62.2 Å². The summed E-state index contributed by atoms with van der Waals surface area (Å²) in [4.78, 5) is 2.45. The van der Waals surface area contributed by atoms with Gasteiger partial charge >= 0.3 is 0 Å². The van der Waals surface area contributed by atoms with Crippen molar-refractivity contribution in [3.63, 3.8) is 0 Å². The van der Waals surface area contributed by atoms with Crippen LogP contribution in [0.25, 0.3) is 0 Å². The van der Waals surface area contributed by atoms with Gasteiger partial charge in [-0.25, -0.2) is 0 Å². The van der Waals surface area contributed by atoms with Crippen LogP contribution < -0.4 is 9.47 Å². The van der Waals surface area contributed by atoms with E-state index in [1.54, 1.807) is 24.3 Å². The van der Waals surface area contributed by atoms with Gasteiger partial charge in [0.2, 0.25) is 0 Å². The number of hydrogen-bond donors (Lipinski definition) is 2. The predicted molar refractivity (Wildman–Crippen MR) is 124 cm³/mol. The van der Waals surface area contributed by atoms with Crippen LogP contribution in [-0.2, 0) is 6.42 Å². The van der Waals surface area contributed by atoms with Gasteiger partial charge < -0.3 is 19.7 Å². The minimum absolute atomic E-state index is 0.0619. The fraction of sp³-hybridized carbons (Fsp3) is 0.333. The Kier molecular flexibility index (Phi) is 5.91. The summed E-state index contributed by atoms with van der Waals surface area (Å²) in [5.41, 5.74) is 3.16. The average molecular weight is 432 g/mol. The maximum Gasteiger partial charge on any atom is 0.131 e. The van der Waals surface area contributed by atoms with E-state index in [-0.39, 0.29) is 23.5 Å². The molecule has 3 aromatic carbocycles. The Hall–Kier alpha value is -3.18. The van der Waals surface area contributed by atoms with Crippen LogP contribution in [0, 0.1) is 0 Å². The van der Waals surface area contributed by atoms with Gasteiger partial charge in [-0.3, -0.25) is 4.90 Å². The zero-order valence-corrected chi connectivity index (χ0v) is 18.1. The van der Waals surface area contributed by atoms with Gasteiger partial charge in [-0.2, -0.15) is 0 Å². The Bertz CT molecular complexity index is 1040. The Balaban J connectivity index is 1.35. The van der Waals surface area contributed by atoms with Gasteiger partial charge in [-0.05, 0) is 91.5 Å². The molecule has 166 valence electrons. The summed E-state index contributed by atoms with van der Waals surface area (Å²) in [7, 11) is 0. The average Bonchev–Trinajstić information content (AvgIpc) is 3.33. The Morgan fingerprint density at radius 2 is 1.53 bits per heavy atom. The van der Waals surface area contributed by atoms with Crippen LogP contribution in [-0.4, -0.2) is 41.4 Å². The Morgan fingerprint density at radius 3 is 2.28 bits per heavy atom. The molecule has 0 amide bonds. The van der Waals surface area contributed by atoms with Crippen LogP contribution in [0.5, 0.6) is 23.0 Å². The molecule has 1 saturated heterocycles. The van der Waals surface area contributed by atoms with Crippen LogP contribution in [0.2, 0.25) is 0 Å². The molecule has 0 aliphatic carbocycles. The van der Waals surface area contributed by atoms with E-state index < -0.39 is 0 Å². The maximum absolute atomic E-state index is 9.93. The van der Waals surface area contributed by atoms with E-state index in [1.165, 1.54) is 25.9 Å². The van der Waals surface area contributed by atoms with Crippen molar-refractivity contribution in [3.8, 4) is 23.0 Å². The smallest absolute Gasteiger partial charge is 0.131 e. The molecule has 1 fully saturated rings. The molecule has 0 saturated carbocycles. The highest BCUT2D eigenvalue weighted by atomic mass is 16.5. The van der Waals surface area contributed by atoms with Crippen molar-refractivity contribution >= 4 is 0 Å². The minimum Gasteiger partial charge on any atom is -0.508 e. The molecule has 2 atom stereocenters. The molecule has 5 nitrogen and oxygen atoms in total. The highest BCUT2D eigenvalue weighted by Gasteiger charge is 2.32. The van der Waals surface area contributed by atoms with Gasteiger partial charge in [0.1, 0.15) is 35.7 Å². The first-order chi connectivity index (χ1) is 15.7. The number of phenols is 2. The molecule has 2 N–H and O–H groups in total. The van der Waals surface area contributed by atoms with Crippen molar-refractivity contribution in [1.29, 1.82) is 0 Å². The summed E-state index contributed by atoms with van der Waals surface area (Å²) >= 11 is 0. The first-order valence-electron chi connectivity index (χ1n) is 11.4. The molecule has 32 heavy (non-hydrogen) atoms. The predicted octanol–water partition coefficient (Wildman–Crippen LogP) is 5.03. The van der Waals surface area contributed by atoms with Crippen molar-refractivity contribution in [2.45, 2.75) is 31.3 Å². The Labute approximate surface area is 188 Å². The summed E-state index contributed by atoms with van der Waals surface area (Å²) in [5, 5.41) is 19.7. The first kappa shape index (κ1) is 20.7.